The number of halogens is 2. The first kappa shape index (κ1) is 31.0. The average Bonchev–Trinajstić information content (AvgIpc) is 3.40. The Morgan fingerprint density at radius 1 is 1.10 bits per heavy atom. The normalized spacial score (nSPS) is 14.6. The topological polar surface area (TPSA) is 96.0 Å². The third-order valence-corrected chi connectivity index (χ3v) is 8.85. The van der Waals surface area contributed by atoms with Gasteiger partial charge in [0.05, 0.1) is 29.1 Å². The highest BCUT2D eigenvalue weighted by Crippen LogP contribution is 2.26. The predicted molar refractivity (Wildman–Crippen MR) is 156 cm³/mol. The SMILES string of the molecule is CC[C@H](C(=O)NC1CCCC1)N(Cc1ccc(Cl)c(Cl)c1)C(=O)CCCN(c1cccc(OC)c1)S(C)(=O)=O. The molecule has 0 spiro atoms. The Morgan fingerprint density at radius 3 is 2.44 bits per heavy atom. The van der Waals surface area contributed by atoms with E-state index in [2.05, 4.69) is 5.32 Å². The molecule has 214 valence electrons. The molecule has 1 aliphatic carbocycles. The van der Waals surface area contributed by atoms with E-state index in [-0.39, 0.29) is 43.8 Å². The largest absolute Gasteiger partial charge is 0.497 e. The number of nitrogens with one attached hydrogen (secondary N) is 1. The van der Waals surface area contributed by atoms with Crippen molar-refractivity contribution in [3.8, 4) is 5.75 Å². The van der Waals surface area contributed by atoms with Gasteiger partial charge in [0, 0.05) is 31.6 Å². The van der Waals surface area contributed by atoms with Crippen molar-refractivity contribution in [1.82, 2.24) is 10.2 Å². The molecule has 1 atom stereocenters. The summed E-state index contributed by atoms with van der Waals surface area (Å²) in [5.41, 5.74) is 1.21. The molecule has 2 amide bonds. The van der Waals surface area contributed by atoms with Gasteiger partial charge in [-0.1, -0.05) is 55.1 Å². The monoisotopic (exact) mass is 597 g/mol. The lowest BCUT2D eigenvalue weighted by atomic mass is 10.1. The summed E-state index contributed by atoms with van der Waals surface area (Å²) in [7, 11) is -2.09. The second kappa shape index (κ2) is 14.2. The predicted octanol–water partition coefficient (Wildman–Crippen LogP) is 5.41. The van der Waals surface area contributed by atoms with E-state index in [1.165, 1.54) is 11.4 Å². The number of hydrogen-bond acceptors (Lipinski definition) is 5. The highest BCUT2D eigenvalue weighted by molar-refractivity contribution is 7.92. The average molecular weight is 599 g/mol. The van der Waals surface area contributed by atoms with Gasteiger partial charge in [0.1, 0.15) is 11.8 Å². The fourth-order valence-electron chi connectivity index (χ4n) is 4.89. The molecule has 39 heavy (non-hydrogen) atoms. The number of nitrogens with zero attached hydrogens (tertiary/aromatic N) is 2. The van der Waals surface area contributed by atoms with Crippen molar-refractivity contribution in [1.29, 1.82) is 0 Å². The molecule has 0 radical (unpaired) electrons. The van der Waals surface area contributed by atoms with Gasteiger partial charge in [0.2, 0.25) is 21.8 Å². The first-order valence-corrected chi connectivity index (χ1v) is 15.8. The van der Waals surface area contributed by atoms with Gasteiger partial charge in [-0.25, -0.2) is 8.42 Å². The van der Waals surface area contributed by atoms with E-state index < -0.39 is 16.1 Å². The Balaban J connectivity index is 1.78. The van der Waals surface area contributed by atoms with Crippen LogP contribution in [0, 0.1) is 0 Å². The zero-order valence-corrected chi connectivity index (χ0v) is 25.0. The minimum atomic E-state index is -3.60. The first-order valence-electron chi connectivity index (χ1n) is 13.2. The number of rotatable bonds is 13. The highest BCUT2D eigenvalue weighted by Gasteiger charge is 2.31. The highest BCUT2D eigenvalue weighted by atomic mass is 35.5. The third kappa shape index (κ3) is 8.75. The van der Waals surface area contributed by atoms with E-state index in [0.29, 0.717) is 27.9 Å². The van der Waals surface area contributed by atoms with E-state index in [9.17, 15) is 18.0 Å². The molecular weight excluding hydrogens is 561 g/mol. The summed E-state index contributed by atoms with van der Waals surface area (Å²) < 4.78 is 31.6. The molecule has 1 aliphatic rings. The van der Waals surface area contributed by atoms with Crippen molar-refractivity contribution in [2.45, 2.75) is 70.5 Å². The maximum absolute atomic E-state index is 13.6. The molecule has 1 N–H and O–H groups in total. The van der Waals surface area contributed by atoms with Crippen LogP contribution in [0.5, 0.6) is 5.75 Å². The van der Waals surface area contributed by atoms with Crippen LogP contribution in [0.4, 0.5) is 5.69 Å². The lowest BCUT2D eigenvalue weighted by Gasteiger charge is -2.32. The Morgan fingerprint density at radius 2 is 1.82 bits per heavy atom. The Kier molecular flexibility index (Phi) is 11.3. The molecular formula is C28H37Cl2N3O5S. The number of amides is 2. The van der Waals surface area contributed by atoms with Gasteiger partial charge in [0.15, 0.2) is 0 Å². The summed E-state index contributed by atoms with van der Waals surface area (Å²) in [4.78, 5) is 28.5. The summed E-state index contributed by atoms with van der Waals surface area (Å²) in [6, 6.07) is 11.4. The van der Waals surface area contributed by atoms with E-state index in [0.717, 1.165) is 37.5 Å². The van der Waals surface area contributed by atoms with Crippen molar-refractivity contribution in [3.63, 3.8) is 0 Å². The van der Waals surface area contributed by atoms with Crippen LogP contribution in [0.2, 0.25) is 10.0 Å². The van der Waals surface area contributed by atoms with Crippen molar-refractivity contribution in [2.24, 2.45) is 0 Å². The molecule has 2 aromatic rings. The summed E-state index contributed by atoms with van der Waals surface area (Å²) in [5, 5.41) is 3.89. The van der Waals surface area contributed by atoms with Gasteiger partial charge in [-0.2, -0.15) is 0 Å². The number of ether oxygens (including phenoxy) is 1. The molecule has 0 saturated heterocycles. The number of anilines is 1. The van der Waals surface area contributed by atoms with E-state index in [1.807, 2.05) is 6.92 Å². The van der Waals surface area contributed by atoms with Crippen molar-refractivity contribution >= 4 is 50.7 Å². The summed E-state index contributed by atoms with van der Waals surface area (Å²) in [5.74, 6) is 0.115. The van der Waals surface area contributed by atoms with Gasteiger partial charge in [-0.15, -0.1) is 0 Å². The van der Waals surface area contributed by atoms with E-state index in [4.69, 9.17) is 27.9 Å². The standard InChI is InChI=1S/C28H37Cl2N3O5S/c1-4-26(28(35)31-21-9-5-6-10-21)32(19-20-14-15-24(29)25(30)17-20)27(34)13-8-16-33(39(3,36)37)22-11-7-12-23(18-22)38-2/h7,11-12,14-15,17-18,21,26H,4-6,8-10,13,16,19H2,1-3H3,(H,31,35)/t26-/m1/s1. The number of methoxy groups -OCH3 is 1. The van der Waals surface area contributed by atoms with Crippen LogP contribution in [0.25, 0.3) is 0 Å². The molecule has 1 saturated carbocycles. The maximum Gasteiger partial charge on any atom is 0.243 e. The van der Waals surface area contributed by atoms with Gasteiger partial charge >= 0.3 is 0 Å². The quantitative estimate of drug-likeness (QED) is 0.333. The third-order valence-electron chi connectivity index (χ3n) is 6.92. The van der Waals surface area contributed by atoms with Crippen molar-refractivity contribution < 1.29 is 22.7 Å². The van der Waals surface area contributed by atoms with Gasteiger partial charge in [-0.05, 0) is 55.5 Å². The lowest BCUT2D eigenvalue weighted by molar-refractivity contribution is -0.141. The first-order chi connectivity index (χ1) is 18.5. The fourth-order valence-corrected chi connectivity index (χ4v) is 6.17. The molecule has 0 bridgehead atoms. The fraction of sp³-hybridized carbons (Fsp3) is 0.500. The summed E-state index contributed by atoms with van der Waals surface area (Å²) in [6.07, 6.45) is 5.93. The van der Waals surface area contributed by atoms with Crippen LogP contribution < -0.4 is 14.4 Å². The Bertz CT molecular complexity index is 1250. The van der Waals surface area contributed by atoms with E-state index >= 15 is 0 Å². The molecule has 0 unspecified atom stereocenters. The number of sulfonamides is 1. The molecule has 0 heterocycles. The van der Waals surface area contributed by atoms with Crippen LogP contribution in [0.15, 0.2) is 42.5 Å². The minimum absolute atomic E-state index is 0.0600. The summed E-state index contributed by atoms with van der Waals surface area (Å²) >= 11 is 12.3. The number of hydrogen-bond donors (Lipinski definition) is 1. The van der Waals surface area contributed by atoms with E-state index in [1.54, 1.807) is 47.4 Å². The zero-order valence-electron chi connectivity index (χ0n) is 22.7. The molecule has 8 nitrogen and oxygen atoms in total. The Hall–Kier alpha value is -2.49. The van der Waals surface area contributed by atoms with Crippen molar-refractivity contribution in [2.75, 3.05) is 24.2 Å². The lowest BCUT2D eigenvalue weighted by Crippen LogP contribution is -2.51. The van der Waals surface area contributed by atoms with Gasteiger partial charge in [-0.3, -0.25) is 13.9 Å². The smallest absolute Gasteiger partial charge is 0.243 e. The number of carbonyl (C=O) groups excluding carboxylic acids is 2. The molecule has 1 fully saturated rings. The van der Waals surface area contributed by atoms with Crippen LogP contribution in [-0.2, 0) is 26.2 Å². The molecule has 3 rings (SSSR count). The molecule has 2 aromatic carbocycles. The van der Waals surface area contributed by atoms with Crippen molar-refractivity contribution in [3.05, 3.63) is 58.1 Å². The summed E-state index contributed by atoms with van der Waals surface area (Å²) in [6.45, 7) is 2.16. The number of carbonyl (C=O) groups is 2. The second-order valence-corrected chi connectivity index (χ2v) is 12.5. The van der Waals surface area contributed by atoms with Crippen LogP contribution in [-0.4, -0.2) is 57.1 Å². The Labute approximate surface area is 241 Å². The zero-order chi connectivity index (χ0) is 28.6. The van der Waals surface area contributed by atoms with Gasteiger partial charge < -0.3 is 15.0 Å². The minimum Gasteiger partial charge on any atom is -0.497 e. The van der Waals surface area contributed by atoms with Gasteiger partial charge in [0.25, 0.3) is 0 Å². The van der Waals surface area contributed by atoms with Crippen LogP contribution >= 0.6 is 23.2 Å². The number of benzene rings is 2. The van der Waals surface area contributed by atoms with Crippen LogP contribution in [0.3, 0.4) is 0 Å². The molecule has 0 aliphatic heterocycles. The second-order valence-electron chi connectivity index (χ2n) is 9.82. The maximum atomic E-state index is 13.6. The van der Waals surface area contributed by atoms with Crippen LogP contribution in [0.1, 0.15) is 57.4 Å². The molecule has 0 aromatic heterocycles. The molecule has 11 heteroatoms.